The van der Waals surface area contributed by atoms with Crippen LogP contribution in [0, 0.1) is 5.92 Å². The molecule has 6 heteroatoms. The molecule has 1 aliphatic rings. The summed E-state index contributed by atoms with van der Waals surface area (Å²) in [6.07, 6.45) is 5.11. The van der Waals surface area contributed by atoms with Gasteiger partial charge in [-0.15, -0.1) is 0 Å². The summed E-state index contributed by atoms with van der Waals surface area (Å²) in [7, 11) is 0. The summed E-state index contributed by atoms with van der Waals surface area (Å²) in [6, 6.07) is 1.87. The number of amides is 1. The van der Waals surface area contributed by atoms with Crippen LogP contribution in [0.5, 0.6) is 5.88 Å². The highest BCUT2D eigenvalue weighted by Gasteiger charge is 2.21. The van der Waals surface area contributed by atoms with E-state index in [0.717, 1.165) is 38.2 Å². The molecule has 0 bridgehead atoms. The summed E-state index contributed by atoms with van der Waals surface area (Å²) >= 11 is 0. The predicted molar refractivity (Wildman–Crippen MR) is 76.6 cm³/mol. The third-order valence-electron chi connectivity index (χ3n) is 3.56. The summed E-state index contributed by atoms with van der Waals surface area (Å²) in [5.41, 5.74) is 5.22. The molecule has 2 N–H and O–H groups in total. The molecule has 1 unspecified atom stereocenters. The minimum Gasteiger partial charge on any atom is -0.478 e. The lowest BCUT2D eigenvalue weighted by Gasteiger charge is -2.33. The third-order valence-corrected chi connectivity index (χ3v) is 3.56. The Balaban J connectivity index is 1.97. The number of aromatic nitrogens is 2. The number of primary amides is 1. The van der Waals surface area contributed by atoms with Gasteiger partial charge in [0.05, 0.1) is 6.61 Å². The van der Waals surface area contributed by atoms with Crippen LogP contribution in [0.25, 0.3) is 0 Å². The van der Waals surface area contributed by atoms with Crippen molar-refractivity contribution in [2.75, 3.05) is 24.6 Å². The molecule has 0 radical (unpaired) electrons. The van der Waals surface area contributed by atoms with Crippen LogP contribution in [0.3, 0.4) is 0 Å². The van der Waals surface area contributed by atoms with Crippen molar-refractivity contribution in [1.82, 2.24) is 9.97 Å². The number of nitrogens with zero attached hydrogens (tertiary/aromatic N) is 3. The zero-order valence-electron chi connectivity index (χ0n) is 11.9. The SMILES string of the molecule is CCOc1cc(N2CCCC(CCC(N)=O)C2)ncn1. The smallest absolute Gasteiger partial charge is 0.218 e. The van der Waals surface area contributed by atoms with Gasteiger partial charge in [-0.25, -0.2) is 9.97 Å². The van der Waals surface area contributed by atoms with E-state index < -0.39 is 0 Å². The summed E-state index contributed by atoms with van der Waals surface area (Å²) in [6.45, 7) is 4.42. The first kappa shape index (κ1) is 14.6. The highest BCUT2D eigenvalue weighted by Crippen LogP contribution is 2.25. The van der Waals surface area contributed by atoms with Crippen molar-refractivity contribution in [3.05, 3.63) is 12.4 Å². The maximum Gasteiger partial charge on any atom is 0.218 e. The molecule has 0 aromatic carbocycles. The van der Waals surface area contributed by atoms with Crippen molar-refractivity contribution in [2.45, 2.75) is 32.6 Å². The molecule has 2 heterocycles. The second-order valence-electron chi connectivity index (χ2n) is 5.11. The lowest BCUT2D eigenvalue weighted by atomic mass is 9.93. The molecule has 1 aromatic heterocycles. The lowest BCUT2D eigenvalue weighted by molar-refractivity contribution is -0.118. The van der Waals surface area contributed by atoms with Gasteiger partial charge in [0.2, 0.25) is 11.8 Å². The Hall–Kier alpha value is -1.85. The number of rotatable bonds is 6. The van der Waals surface area contributed by atoms with Crippen LogP contribution in [0.2, 0.25) is 0 Å². The van der Waals surface area contributed by atoms with Crippen molar-refractivity contribution in [3.63, 3.8) is 0 Å². The Morgan fingerprint density at radius 2 is 2.40 bits per heavy atom. The molecule has 1 aromatic rings. The average Bonchev–Trinajstić information content (AvgIpc) is 2.46. The lowest BCUT2D eigenvalue weighted by Crippen LogP contribution is -2.36. The molecule has 0 spiro atoms. The number of nitrogens with two attached hydrogens (primary N) is 1. The molecule has 1 aliphatic heterocycles. The van der Waals surface area contributed by atoms with Gasteiger partial charge in [0.15, 0.2) is 0 Å². The quantitative estimate of drug-likeness (QED) is 0.849. The molecule has 1 saturated heterocycles. The van der Waals surface area contributed by atoms with E-state index in [1.165, 1.54) is 6.33 Å². The molecule has 110 valence electrons. The van der Waals surface area contributed by atoms with E-state index in [2.05, 4.69) is 14.9 Å². The zero-order valence-corrected chi connectivity index (χ0v) is 11.9. The van der Waals surface area contributed by atoms with Gasteiger partial charge in [0.1, 0.15) is 12.1 Å². The second kappa shape index (κ2) is 7.07. The molecule has 1 amide bonds. The number of piperidine rings is 1. The van der Waals surface area contributed by atoms with Crippen LogP contribution in [0.4, 0.5) is 5.82 Å². The van der Waals surface area contributed by atoms with Crippen LogP contribution in [-0.2, 0) is 4.79 Å². The zero-order chi connectivity index (χ0) is 14.4. The Labute approximate surface area is 119 Å². The third kappa shape index (κ3) is 4.08. The van der Waals surface area contributed by atoms with Crippen LogP contribution in [0.1, 0.15) is 32.6 Å². The predicted octanol–water partition coefficient (Wildman–Crippen LogP) is 1.36. The van der Waals surface area contributed by atoms with Crippen molar-refractivity contribution in [2.24, 2.45) is 11.7 Å². The van der Waals surface area contributed by atoms with E-state index in [-0.39, 0.29) is 5.91 Å². The van der Waals surface area contributed by atoms with E-state index in [0.29, 0.717) is 24.8 Å². The molecular weight excluding hydrogens is 256 g/mol. The molecule has 0 aliphatic carbocycles. The number of ether oxygens (including phenoxy) is 1. The van der Waals surface area contributed by atoms with Crippen LogP contribution in [0.15, 0.2) is 12.4 Å². The summed E-state index contributed by atoms with van der Waals surface area (Å²) < 4.78 is 5.40. The maximum absolute atomic E-state index is 10.9. The number of anilines is 1. The van der Waals surface area contributed by atoms with Gasteiger partial charge < -0.3 is 15.4 Å². The highest BCUT2D eigenvalue weighted by molar-refractivity contribution is 5.73. The molecule has 1 atom stereocenters. The molecular formula is C14H22N4O2. The van der Waals surface area contributed by atoms with E-state index in [9.17, 15) is 4.79 Å². The molecule has 20 heavy (non-hydrogen) atoms. The van der Waals surface area contributed by atoms with E-state index in [1.807, 2.05) is 13.0 Å². The van der Waals surface area contributed by atoms with Crippen molar-refractivity contribution in [1.29, 1.82) is 0 Å². The molecule has 6 nitrogen and oxygen atoms in total. The van der Waals surface area contributed by atoms with Gasteiger partial charge in [-0.1, -0.05) is 0 Å². The first-order valence-corrected chi connectivity index (χ1v) is 7.17. The minimum absolute atomic E-state index is 0.220. The highest BCUT2D eigenvalue weighted by atomic mass is 16.5. The number of carbonyl (C=O) groups excluding carboxylic acids is 1. The van der Waals surface area contributed by atoms with Gasteiger partial charge in [0, 0.05) is 25.6 Å². The summed E-state index contributed by atoms with van der Waals surface area (Å²) in [5.74, 6) is 1.79. The van der Waals surface area contributed by atoms with Gasteiger partial charge >= 0.3 is 0 Å². The van der Waals surface area contributed by atoms with Crippen LogP contribution >= 0.6 is 0 Å². The van der Waals surface area contributed by atoms with Gasteiger partial charge in [-0.2, -0.15) is 0 Å². The number of hydrogen-bond donors (Lipinski definition) is 1. The van der Waals surface area contributed by atoms with Crippen LogP contribution < -0.4 is 15.4 Å². The van der Waals surface area contributed by atoms with Crippen molar-refractivity contribution >= 4 is 11.7 Å². The average molecular weight is 278 g/mol. The standard InChI is InChI=1S/C14H22N4O2/c1-2-20-14-8-13(16-10-17-14)18-7-3-4-11(9-18)5-6-12(15)19/h8,10-11H,2-7,9H2,1H3,(H2,15,19). The van der Waals surface area contributed by atoms with Gasteiger partial charge in [-0.05, 0) is 32.1 Å². The van der Waals surface area contributed by atoms with Crippen LogP contribution in [-0.4, -0.2) is 35.6 Å². The fraction of sp³-hybridized carbons (Fsp3) is 0.643. The molecule has 1 fully saturated rings. The summed E-state index contributed by atoms with van der Waals surface area (Å²) in [5, 5.41) is 0. The van der Waals surface area contributed by atoms with Crippen molar-refractivity contribution in [3.8, 4) is 5.88 Å². The monoisotopic (exact) mass is 278 g/mol. The second-order valence-corrected chi connectivity index (χ2v) is 5.11. The Kier molecular flexibility index (Phi) is 5.15. The molecule has 0 saturated carbocycles. The summed E-state index contributed by atoms with van der Waals surface area (Å²) in [4.78, 5) is 21.5. The first-order chi connectivity index (χ1) is 9.69. The fourth-order valence-corrected chi connectivity index (χ4v) is 2.58. The van der Waals surface area contributed by atoms with E-state index >= 15 is 0 Å². The Morgan fingerprint density at radius 1 is 1.55 bits per heavy atom. The number of carbonyl (C=O) groups is 1. The minimum atomic E-state index is -0.220. The fourth-order valence-electron chi connectivity index (χ4n) is 2.58. The maximum atomic E-state index is 10.9. The van der Waals surface area contributed by atoms with Crippen molar-refractivity contribution < 1.29 is 9.53 Å². The largest absolute Gasteiger partial charge is 0.478 e. The van der Waals surface area contributed by atoms with Gasteiger partial charge in [-0.3, -0.25) is 4.79 Å². The number of hydrogen-bond acceptors (Lipinski definition) is 5. The normalized spacial score (nSPS) is 18.9. The molecule has 2 rings (SSSR count). The first-order valence-electron chi connectivity index (χ1n) is 7.17. The van der Waals surface area contributed by atoms with Gasteiger partial charge in [0.25, 0.3) is 0 Å². The van der Waals surface area contributed by atoms with E-state index in [4.69, 9.17) is 10.5 Å². The Morgan fingerprint density at radius 3 is 3.15 bits per heavy atom. The van der Waals surface area contributed by atoms with E-state index in [1.54, 1.807) is 0 Å². The topological polar surface area (TPSA) is 81.3 Å². The Bertz CT molecular complexity index is 453.